The SMILES string of the molecule is CC1=C(C(=O)Nc2ccc([N+](=O)[O-])cc2)[C@H](c2ccccc2Br)NC(=O)N1. The van der Waals surface area contributed by atoms with Crippen LogP contribution in [0.3, 0.4) is 0 Å². The van der Waals surface area contributed by atoms with Gasteiger partial charge in [0, 0.05) is 28.0 Å². The molecule has 0 bridgehead atoms. The number of urea groups is 1. The highest BCUT2D eigenvalue weighted by Crippen LogP contribution is 2.32. The summed E-state index contributed by atoms with van der Waals surface area (Å²) in [4.78, 5) is 35.1. The molecule has 1 aliphatic rings. The number of hydrogen-bond donors (Lipinski definition) is 3. The van der Waals surface area contributed by atoms with Crippen molar-refractivity contribution in [2.24, 2.45) is 0 Å². The van der Waals surface area contributed by atoms with Crippen molar-refractivity contribution in [3.05, 3.63) is 80.0 Å². The molecule has 0 aromatic heterocycles. The van der Waals surface area contributed by atoms with Crippen molar-refractivity contribution < 1.29 is 14.5 Å². The van der Waals surface area contributed by atoms with Gasteiger partial charge in [-0.15, -0.1) is 0 Å². The molecular weight excluding hydrogens is 416 g/mol. The van der Waals surface area contributed by atoms with Gasteiger partial charge in [-0.05, 0) is 30.7 Å². The molecule has 2 aromatic rings. The molecule has 0 spiro atoms. The molecule has 0 saturated carbocycles. The topological polar surface area (TPSA) is 113 Å². The molecule has 0 saturated heterocycles. The third-order valence-electron chi connectivity index (χ3n) is 4.07. The van der Waals surface area contributed by atoms with Crippen LogP contribution in [-0.2, 0) is 4.79 Å². The molecule has 3 N–H and O–H groups in total. The first-order valence-corrected chi connectivity index (χ1v) is 8.74. The highest BCUT2D eigenvalue weighted by molar-refractivity contribution is 9.10. The molecule has 1 atom stereocenters. The third-order valence-corrected chi connectivity index (χ3v) is 4.79. The summed E-state index contributed by atoms with van der Waals surface area (Å²) in [7, 11) is 0. The summed E-state index contributed by atoms with van der Waals surface area (Å²) in [5.41, 5.74) is 1.86. The number of benzene rings is 2. The lowest BCUT2D eigenvalue weighted by Gasteiger charge is -2.29. The quantitative estimate of drug-likeness (QED) is 0.507. The molecule has 0 fully saturated rings. The van der Waals surface area contributed by atoms with Gasteiger partial charge < -0.3 is 16.0 Å². The molecule has 9 heteroatoms. The van der Waals surface area contributed by atoms with E-state index in [1.165, 1.54) is 24.3 Å². The molecule has 3 rings (SSSR count). The molecule has 1 heterocycles. The number of nitrogens with zero attached hydrogens (tertiary/aromatic N) is 1. The van der Waals surface area contributed by atoms with E-state index in [-0.39, 0.29) is 5.69 Å². The fraction of sp³-hybridized carbons (Fsp3) is 0.111. The lowest BCUT2D eigenvalue weighted by atomic mass is 9.95. The molecule has 0 radical (unpaired) electrons. The Morgan fingerprint density at radius 3 is 2.48 bits per heavy atom. The predicted molar refractivity (Wildman–Crippen MR) is 103 cm³/mol. The second kappa shape index (κ2) is 7.58. The smallest absolute Gasteiger partial charge is 0.319 e. The van der Waals surface area contributed by atoms with Crippen molar-refractivity contribution in [1.29, 1.82) is 0 Å². The summed E-state index contributed by atoms with van der Waals surface area (Å²) in [6, 6.07) is 11.8. The van der Waals surface area contributed by atoms with Crippen LogP contribution < -0.4 is 16.0 Å². The number of nitro groups is 1. The van der Waals surface area contributed by atoms with E-state index in [1.54, 1.807) is 6.92 Å². The van der Waals surface area contributed by atoms with E-state index in [9.17, 15) is 19.7 Å². The third kappa shape index (κ3) is 3.98. The Morgan fingerprint density at radius 1 is 1.19 bits per heavy atom. The van der Waals surface area contributed by atoms with Gasteiger partial charge in [0.15, 0.2) is 0 Å². The minimum Gasteiger partial charge on any atom is -0.327 e. The first-order valence-electron chi connectivity index (χ1n) is 7.95. The van der Waals surface area contributed by atoms with Crippen LogP contribution in [0.15, 0.2) is 64.3 Å². The standard InChI is InChI=1S/C18H15BrN4O4/c1-10-15(17(24)21-11-6-8-12(9-7-11)23(26)27)16(22-18(25)20-10)13-4-2-3-5-14(13)19/h2-9,16H,1H3,(H,21,24)(H2,20,22,25)/t16-/m0/s1. The average molecular weight is 431 g/mol. The molecular formula is C18H15BrN4O4. The van der Waals surface area contributed by atoms with Gasteiger partial charge in [-0.25, -0.2) is 4.79 Å². The van der Waals surface area contributed by atoms with E-state index in [2.05, 4.69) is 31.9 Å². The fourth-order valence-electron chi connectivity index (χ4n) is 2.80. The van der Waals surface area contributed by atoms with Crippen LogP contribution in [0.25, 0.3) is 0 Å². The van der Waals surface area contributed by atoms with Crippen molar-refractivity contribution in [1.82, 2.24) is 10.6 Å². The number of carbonyl (C=O) groups excluding carboxylic acids is 2. The summed E-state index contributed by atoms with van der Waals surface area (Å²) in [6.07, 6.45) is 0. The molecule has 3 amide bonds. The Hall–Kier alpha value is -3.20. The summed E-state index contributed by atoms with van der Waals surface area (Å²) in [5.74, 6) is -0.422. The van der Waals surface area contributed by atoms with Gasteiger partial charge in [0.05, 0.1) is 16.5 Å². The van der Waals surface area contributed by atoms with E-state index >= 15 is 0 Å². The van der Waals surface area contributed by atoms with E-state index in [1.807, 2.05) is 24.3 Å². The minimum atomic E-state index is -0.646. The zero-order chi connectivity index (χ0) is 19.6. The Kier molecular flexibility index (Phi) is 5.22. The molecule has 27 heavy (non-hydrogen) atoms. The minimum absolute atomic E-state index is 0.0684. The van der Waals surface area contributed by atoms with Gasteiger partial charge in [-0.2, -0.15) is 0 Å². The summed E-state index contributed by atoms with van der Waals surface area (Å²) in [6.45, 7) is 1.65. The monoisotopic (exact) mass is 430 g/mol. The molecule has 138 valence electrons. The zero-order valence-electron chi connectivity index (χ0n) is 14.2. The highest BCUT2D eigenvalue weighted by Gasteiger charge is 2.32. The number of allylic oxidation sites excluding steroid dienone is 1. The number of carbonyl (C=O) groups is 2. The lowest BCUT2D eigenvalue weighted by Crippen LogP contribution is -2.46. The van der Waals surface area contributed by atoms with Crippen molar-refractivity contribution in [3.8, 4) is 0 Å². The van der Waals surface area contributed by atoms with Crippen molar-refractivity contribution >= 4 is 39.2 Å². The number of anilines is 1. The van der Waals surface area contributed by atoms with Gasteiger partial charge in [0.2, 0.25) is 0 Å². The van der Waals surface area contributed by atoms with Crippen molar-refractivity contribution in [3.63, 3.8) is 0 Å². The lowest BCUT2D eigenvalue weighted by molar-refractivity contribution is -0.384. The Labute approximate surface area is 162 Å². The predicted octanol–water partition coefficient (Wildman–Crippen LogP) is 3.62. The van der Waals surface area contributed by atoms with Crippen LogP contribution in [-0.4, -0.2) is 16.9 Å². The van der Waals surface area contributed by atoms with E-state index < -0.39 is 22.9 Å². The number of halogens is 1. The normalized spacial score (nSPS) is 16.4. The van der Waals surface area contributed by atoms with Crippen molar-refractivity contribution in [2.45, 2.75) is 13.0 Å². The largest absolute Gasteiger partial charge is 0.327 e. The van der Waals surface area contributed by atoms with Crippen LogP contribution >= 0.6 is 15.9 Å². The van der Waals surface area contributed by atoms with Crippen LogP contribution in [0.2, 0.25) is 0 Å². The maximum Gasteiger partial charge on any atom is 0.319 e. The van der Waals surface area contributed by atoms with Crippen LogP contribution in [0.1, 0.15) is 18.5 Å². The van der Waals surface area contributed by atoms with Crippen molar-refractivity contribution in [2.75, 3.05) is 5.32 Å². The van der Waals surface area contributed by atoms with Crippen LogP contribution in [0, 0.1) is 10.1 Å². The van der Waals surface area contributed by atoms with Crippen LogP contribution in [0.4, 0.5) is 16.2 Å². The Bertz CT molecular complexity index is 956. The second-order valence-corrected chi connectivity index (χ2v) is 6.70. The number of rotatable bonds is 4. The molecule has 2 aromatic carbocycles. The van der Waals surface area contributed by atoms with E-state index in [0.29, 0.717) is 17.0 Å². The Balaban J connectivity index is 1.92. The number of non-ortho nitro benzene ring substituents is 1. The zero-order valence-corrected chi connectivity index (χ0v) is 15.7. The van der Waals surface area contributed by atoms with Gasteiger partial charge in [0.1, 0.15) is 0 Å². The maximum absolute atomic E-state index is 12.9. The first-order chi connectivity index (χ1) is 12.9. The summed E-state index contributed by atoms with van der Waals surface area (Å²) < 4.78 is 0.755. The number of nitro benzene ring substituents is 1. The molecule has 0 unspecified atom stereocenters. The number of hydrogen-bond acceptors (Lipinski definition) is 4. The van der Waals surface area contributed by atoms with Gasteiger partial charge in [-0.1, -0.05) is 34.1 Å². The number of nitrogens with one attached hydrogen (secondary N) is 3. The Morgan fingerprint density at radius 2 is 1.85 bits per heavy atom. The molecule has 1 aliphatic heterocycles. The summed E-state index contributed by atoms with van der Waals surface area (Å²) >= 11 is 3.45. The first kappa shape index (κ1) is 18.6. The highest BCUT2D eigenvalue weighted by atomic mass is 79.9. The van der Waals surface area contributed by atoms with Gasteiger partial charge in [0.25, 0.3) is 11.6 Å². The van der Waals surface area contributed by atoms with Gasteiger partial charge in [-0.3, -0.25) is 14.9 Å². The fourth-order valence-corrected chi connectivity index (χ4v) is 3.32. The van der Waals surface area contributed by atoms with Crippen LogP contribution in [0.5, 0.6) is 0 Å². The second-order valence-electron chi connectivity index (χ2n) is 5.85. The number of amides is 3. The van der Waals surface area contributed by atoms with E-state index in [4.69, 9.17) is 0 Å². The van der Waals surface area contributed by atoms with Gasteiger partial charge >= 0.3 is 6.03 Å². The van der Waals surface area contributed by atoms with E-state index in [0.717, 1.165) is 10.0 Å². The maximum atomic E-state index is 12.9. The molecule has 8 nitrogen and oxygen atoms in total. The average Bonchev–Trinajstić information content (AvgIpc) is 2.61. The molecule has 0 aliphatic carbocycles. The summed E-state index contributed by atoms with van der Waals surface area (Å²) in [5, 5.41) is 18.8.